The van der Waals surface area contributed by atoms with Gasteiger partial charge in [-0.3, -0.25) is 4.79 Å². The second kappa shape index (κ2) is 11.5. The van der Waals surface area contributed by atoms with Crippen LogP contribution in [0, 0.1) is 11.3 Å². The maximum atomic E-state index is 13.0. The molecule has 0 radical (unpaired) electrons. The topological polar surface area (TPSA) is 67.0 Å². The van der Waals surface area contributed by atoms with E-state index in [1.54, 1.807) is 30.3 Å². The van der Waals surface area contributed by atoms with Crippen molar-refractivity contribution >= 4 is 40.2 Å². The molecule has 6 heteroatoms. The molecule has 0 spiro atoms. The molecular formula is C32H24ClN3O2. The minimum absolute atomic E-state index is 0.0139. The van der Waals surface area contributed by atoms with Crippen LogP contribution in [-0.4, -0.2) is 10.5 Å². The van der Waals surface area contributed by atoms with Crippen molar-refractivity contribution in [2.75, 3.05) is 5.32 Å². The van der Waals surface area contributed by atoms with Crippen molar-refractivity contribution in [2.24, 2.45) is 0 Å². The second-order valence-corrected chi connectivity index (χ2v) is 9.22. The first-order valence-electron chi connectivity index (χ1n) is 12.1. The molecule has 1 amide bonds. The number of fused-ring (bicyclic) bond motifs is 1. The van der Waals surface area contributed by atoms with Crippen LogP contribution in [0.25, 0.3) is 17.0 Å². The van der Waals surface area contributed by atoms with Crippen LogP contribution in [0.3, 0.4) is 0 Å². The zero-order valence-corrected chi connectivity index (χ0v) is 21.2. The Balaban J connectivity index is 1.32. The average Bonchev–Trinajstić information content (AvgIpc) is 3.28. The van der Waals surface area contributed by atoms with Gasteiger partial charge >= 0.3 is 0 Å². The van der Waals surface area contributed by atoms with Crippen LogP contribution >= 0.6 is 11.6 Å². The molecule has 5 rings (SSSR count). The number of amides is 1. The number of rotatable bonds is 8. The van der Waals surface area contributed by atoms with E-state index in [9.17, 15) is 10.1 Å². The first kappa shape index (κ1) is 24.9. The van der Waals surface area contributed by atoms with Gasteiger partial charge in [0.15, 0.2) is 0 Å². The van der Waals surface area contributed by atoms with Crippen LogP contribution < -0.4 is 10.1 Å². The Kier molecular flexibility index (Phi) is 7.54. The van der Waals surface area contributed by atoms with Gasteiger partial charge < -0.3 is 14.6 Å². The maximum Gasteiger partial charge on any atom is 0.266 e. The Morgan fingerprint density at radius 1 is 0.921 bits per heavy atom. The van der Waals surface area contributed by atoms with Crippen molar-refractivity contribution in [3.63, 3.8) is 0 Å². The molecule has 38 heavy (non-hydrogen) atoms. The zero-order valence-electron chi connectivity index (χ0n) is 20.5. The molecule has 0 saturated carbocycles. The summed E-state index contributed by atoms with van der Waals surface area (Å²) in [7, 11) is 0. The van der Waals surface area contributed by atoms with E-state index in [0.29, 0.717) is 29.6 Å². The summed E-state index contributed by atoms with van der Waals surface area (Å²) in [6, 6.07) is 34.7. The number of nitrogens with zero attached hydrogens (tertiary/aromatic N) is 2. The summed E-state index contributed by atoms with van der Waals surface area (Å²) < 4.78 is 7.90. The standard InChI is InChI=1S/C32H24ClN3O2/c33-27-10-6-9-24(17-27)20-36-21-26(30-11-4-5-12-31(30)36)18-25(19-34)32(37)35-28-13-15-29(16-14-28)38-22-23-7-2-1-3-8-23/h1-18,21H,20,22H2,(H,35,37)/b25-18+. The van der Waals surface area contributed by atoms with Crippen LogP contribution in [0.2, 0.25) is 5.02 Å². The normalized spacial score (nSPS) is 11.2. The van der Waals surface area contributed by atoms with E-state index in [1.807, 2.05) is 91.1 Å². The van der Waals surface area contributed by atoms with Gasteiger partial charge in [-0.25, -0.2) is 0 Å². The Bertz CT molecular complexity index is 1650. The number of carbonyl (C=O) groups is 1. The second-order valence-electron chi connectivity index (χ2n) is 8.78. The highest BCUT2D eigenvalue weighted by molar-refractivity contribution is 6.30. The summed E-state index contributed by atoms with van der Waals surface area (Å²) in [5.74, 6) is 0.215. The molecule has 0 fully saturated rings. The van der Waals surface area contributed by atoms with Gasteiger partial charge in [-0.15, -0.1) is 0 Å². The summed E-state index contributed by atoms with van der Waals surface area (Å²) in [5, 5.41) is 14.2. The molecule has 0 atom stereocenters. The smallest absolute Gasteiger partial charge is 0.266 e. The number of halogens is 1. The molecule has 0 saturated heterocycles. The van der Waals surface area contributed by atoms with E-state index in [0.717, 1.165) is 27.6 Å². The number of ether oxygens (including phenoxy) is 1. The molecule has 5 nitrogen and oxygen atoms in total. The third-order valence-electron chi connectivity index (χ3n) is 6.09. The number of nitriles is 1. The molecular weight excluding hydrogens is 494 g/mol. The minimum atomic E-state index is -0.475. The van der Waals surface area contributed by atoms with Crippen LogP contribution in [0.5, 0.6) is 5.75 Å². The van der Waals surface area contributed by atoms with E-state index in [2.05, 4.69) is 9.88 Å². The van der Waals surface area contributed by atoms with Crippen molar-refractivity contribution in [3.05, 3.63) is 137 Å². The first-order chi connectivity index (χ1) is 18.6. The van der Waals surface area contributed by atoms with Gasteiger partial charge in [-0.2, -0.15) is 5.26 Å². The van der Waals surface area contributed by atoms with E-state index in [4.69, 9.17) is 16.3 Å². The van der Waals surface area contributed by atoms with Crippen LogP contribution in [0.15, 0.2) is 115 Å². The molecule has 1 aromatic heterocycles. The Morgan fingerprint density at radius 3 is 2.42 bits per heavy atom. The van der Waals surface area contributed by atoms with E-state index < -0.39 is 5.91 Å². The molecule has 0 aliphatic carbocycles. The summed E-state index contributed by atoms with van der Waals surface area (Å²) >= 11 is 6.17. The largest absolute Gasteiger partial charge is 0.489 e. The Morgan fingerprint density at radius 2 is 1.66 bits per heavy atom. The molecule has 0 bridgehead atoms. The fourth-order valence-corrected chi connectivity index (χ4v) is 4.44. The maximum absolute atomic E-state index is 13.0. The Hall–Kier alpha value is -4.79. The number of anilines is 1. The molecule has 1 N–H and O–H groups in total. The third-order valence-corrected chi connectivity index (χ3v) is 6.32. The van der Waals surface area contributed by atoms with Crippen molar-refractivity contribution in [3.8, 4) is 11.8 Å². The molecule has 186 valence electrons. The number of carbonyl (C=O) groups excluding carboxylic acids is 1. The van der Waals surface area contributed by atoms with Crippen molar-refractivity contribution in [2.45, 2.75) is 13.2 Å². The number of nitrogens with one attached hydrogen (secondary N) is 1. The van der Waals surface area contributed by atoms with Gasteiger partial charge in [-0.1, -0.05) is 72.3 Å². The van der Waals surface area contributed by atoms with Crippen LogP contribution in [0.1, 0.15) is 16.7 Å². The fraction of sp³-hybridized carbons (Fsp3) is 0.0625. The predicted molar refractivity (Wildman–Crippen MR) is 152 cm³/mol. The van der Waals surface area contributed by atoms with Gasteiger partial charge in [0.05, 0.1) is 0 Å². The summed E-state index contributed by atoms with van der Waals surface area (Å²) in [6.07, 6.45) is 3.58. The number of hydrogen-bond acceptors (Lipinski definition) is 3. The monoisotopic (exact) mass is 517 g/mol. The fourth-order valence-electron chi connectivity index (χ4n) is 4.23. The predicted octanol–water partition coefficient (Wildman–Crippen LogP) is 7.47. The lowest BCUT2D eigenvalue weighted by Gasteiger charge is -2.08. The van der Waals surface area contributed by atoms with Crippen LogP contribution in [-0.2, 0) is 17.9 Å². The zero-order chi connectivity index (χ0) is 26.3. The molecule has 5 aromatic rings. The first-order valence-corrected chi connectivity index (χ1v) is 12.5. The average molecular weight is 518 g/mol. The number of aromatic nitrogens is 1. The third kappa shape index (κ3) is 5.95. The lowest BCUT2D eigenvalue weighted by molar-refractivity contribution is -0.112. The quantitative estimate of drug-likeness (QED) is 0.171. The van der Waals surface area contributed by atoms with Crippen molar-refractivity contribution < 1.29 is 9.53 Å². The minimum Gasteiger partial charge on any atom is -0.489 e. The number of hydrogen-bond donors (Lipinski definition) is 1. The highest BCUT2D eigenvalue weighted by Crippen LogP contribution is 2.26. The lowest BCUT2D eigenvalue weighted by Crippen LogP contribution is -2.13. The van der Waals surface area contributed by atoms with Gasteiger partial charge in [-0.05, 0) is 59.7 Å². The van der Waals surface area contributed by atoms with Gasteiger partial charge in [0.25, 0.3) is 5.91 Å². The van der Waals surface area contributed by atoms with E-state index in [-0.39, 0.29) is 5.57 Å². The molecule has 0 aliphatic heterocycles. The SMILES string of the molecule is N#C/C(=C\c1cn(Cc2cccc(Cl)c2)c2ccccc12)C(=O)Nc1ccc(OCc2ccccc2)cc1. The molecule has 0 aliphatic rings. The van der Waals surface area contributed by atoms with Gasteiger partial charge in [0.1, 0.15) is 24.0 Å². The molecule has 1 heterocycles. The highest BCUT2D eigenvalue weighted by Gasteiger charge is 2.13. The summed E-state index contributed by atoms with van der Waals surface area (Å²) in [4.78, 5) is 13.0. The van der Waals surface area contributed by atoms with Gasteiger partial charge in [0.2, 0.25) is 0 Å². The Labute approximate surface area is 226 Å². The number of para-hydroxylation sites is 1. The van der Waals surface area contributed by atoms with E-state index in [1.165, 1.54) is 0 Å². The van der Waals surface area contributed by atoms with Crippen molar-refractivity contribution in [1.29, 1.82) is 5.26 Å². The van der Waals surface area contributed by atoms with Crippen molar-refractivity contribution in [1.82, 2.24) is 4.57 Å². The highest BCUT2D eigenvalue weighted by atomic mass is 35.5. The molecule has 0 unspecified atom stereocenters. The van der Waals surface area contributed by atoms with Gasteiger partial charge in [0, 0.05) is 39.9 Å². The molecule has 4 aromatic carbocycles. The lowest BCUT2D eigenvalue weighted by atomic mass is 10.1. The summed E-state index contributed by atoms with van der Waals surface area (Å²) in [5.41, 5.74) is 4.51. The summed E-state index contributed by atoms with van der Waals surface area (Å²) in [6.45, 7) is 1.07. The number of benzene rings is 4. The van der Waals surface area contributed by atoms with E-state index >= 15 is 0 Å². The van der Waals surface area contributed by atoms with Crippen LogP contribution in [0.4, 0.5) is 5.69 Å².